The molecular formula is C17H12Cl2N6O5. The second-order valence-corrected chi connectivity index (χ2v) is 6.84. The fourth-order valence-corrected chi connectivity index (χ4v) is 2.92. The highest BCUT2D eigenvalue weighted by atomic mass is 35.5. The molecule has 1 aliphatic carbocycles. The number of nitriles is 1. The van der Waals surface area contributed by atoms with Crippen LogP contribution in [0.3, 0.4) is 0 Å². The monoisotopic (exact) mass is 450 g/mol. The van der Waals surface area contributed by atoms with Gasteiger partial charge in [0.05, 0.1) is 15.7 Å². The first-order valence-electron chi connectivity index (χ1n) is 8.30. The maximum absolute atomic E-state index is 11.8. The van der Waals surface area contributed by atoms with Crippen LogP contribution in [0.2, 0.25) is 10.0 Å². The van der Waals surface area contributed by atoms with Gasteiger partial charge in [0, 0.05) is 11.6 Å². The summed E-state index contributed by atoms with van der Waals surface area (Å²) in [6, 6.07) is 5.69. The number of nitrogens with zero attached hydrogens (tertiary/aromatic N) is 3. The van der Waals surface area contributed by atoms with Crippen molar-refractivity contribution in [1.82, 2.24) is 10.2 Å². The van der Waals surface area contributed by atoms with Gasteiger partial charge in [0.1, 0.15) is 6.07 Å². The van der Waals surface area contributed by atoms with Gasteiger partial charge in [-0.2, -0.15) is 10.4 Å². The second kappa shape index (κ2) is 8.81. The molecule has 0 spiro atoms. The lowest BCUT2D eigenvalue weighted by atomic mass is 10.2. The summed E-state index contributed by atoms with van der Waals surface area (Å²) in [6.45, 7) is 0. The molecule has 11 nitrogen and oxygen atoms in total. The van der Waals surface area contributed by atoms with E-state index in [9.17, 15) is 14.4 Å². The Hall–Kier alpha value is -3.62. The van der Waals surface area contributed by atoms with Crippen LogP contribution in [0.1, 0.15) is 24.3 Å². The van der Waals surface area contributed by atoms with Crippen LogP contribution in [0, 0.1) is 11.3 Å². The Bertz CT molecular complexity index is 1130. The number of carbonyl (C=O) groups excluding carboxylic acids is 2. The van der Waals surface area contributed by atoms with Gasteiger partial charge in [-0.1, -0.05) is 23.2 Å². The SMILES string of the molecule is N#CC(=NNc1cc(Cl)c(Oc2cc(C3CC3)c(=O)[nH]n2)c(Cl)c1)C(=O)OC(N)=O. The molecule has 0 radical (unpaired) electrons. The van der Waals surface area contributed by atoms with E-state index in [0.717, 1.165) is 12.8 Å². The van der Waals surface area contributed by atoms with Crippen molar-refractivity contribution in [3.63, 3.8) is 0 Å². The minimum absolute atomic E-state index is 0.0550. The van der Waals surface area contributed by atoms with Crippen molar-refractivity contribution >= 4 is 46.7 Å². The third-order valence-corrected chi connectivity index (χ3v) is 4.38. The zero-order valence-corrected chi connectivity index (χ0v) is 16.5. The second-order valence-electron chi connectivity index (χ2n) is 6.03. The van der Waals surface area contributed by atoms with Crippen LogP contribution in [0.25, 0.3) is 0 Å². The van der Waals surface area contributed by atoms with Crippen molar-refractivity contribution in [1.29, 1.82) is 5.26 Å². The Morgan fingerprint density at radius 1 is 1.30 bits per heavy atom. The van der Waals surface area contributed by atoms with Crippen LogP contribution in [-0.4, -0.2) is 28.0 Å². The number of hydrogen-bond donors (Lipinski definition) is 3. The number of hydrogen-bond acceptors (Lipinski definition) is 9. The average Bonchev–Trinajstić information content (AvgIpc) is 3.51. The number of nitrogens with two attached hydrogens (primary N) is 1. The van der Waals surface area contributed by atoms with Crippen molar-refractivity contribution in [3.8, 4) is 17.7 Å². The van der Waals surface area contributed by atoms with Crippen molar-refractivity contribution in [2.24, 2.45) is 10.8 Å². The smallest absolute Gasteiger partial charge is 0.412 e. The molecule has 1 aliphatic rings. The topological polar surface area (TPSA) is 173 Å². The third-order valence-electron chi connectivity index (χ3n) is 3.82. The minimum Gasteiger partial charge on any atom is -0.434 e. The number of H-pyrrole nitrogens is 1. The molecular weight excluding hydrogens is 439 g/mol. The number of rotatable bonds is 6. The average molecular weight is 451 g/mol. The Balaban J connectivity index is 1.79. The molecule has 13 heteroatoms. The van der Waals surface area contributed by atoms with Gasteiger partial charge in [-0.15, -0.1) is 5.10 Å². The summed E-state index contributed by atoms with van der Waals surface area (Å²) < 4.78 is 9.68. The van der Waals surface area contributed by atoms with Crippen LogP contribution in [0.15, 0.2) is 28.1 Å². The number of aromatic nitrogens is 2. The number of ether oxygens (including phenoxy) is 2. The number of hydrazone groups is 1. The lowest BCUT2D eigenvalue weighted by molar-refractivity contribution is -0.129. The van der Waals surface area contributed by atoms with Crippen LogP contribution >= 0.6 is 23.2 Å². The number of benzene rings is 1. The zero-order chi connectivity index (χ0) is 21.8. The Kier molecular flexibility index (Phi) is 6.20. The van der Waals surface area contributed by atoms with E-state index in [1.165, 1.54) is 24.3 Å². The van der Waals surface area contributed by atoms with E-state index in [4.69, 9.17) is 38.9 Å². The lowest BCUT2D eigenvalue weighted by Crippen LogP contribution is -2.24. The standard InChI is InChI=1S/C17H12Cl2N6O5/c18-10-3-8(22-23-12(6-20)16(27)30-17(21)28)4-11(19)14(10)29-13-5-9(7-1-2-7)15(26)25-24-13/h3-5,7,22H,1-2H2,(H2,21,28)(H,25,26). The number of carbonyl (C=O) groups is 2. The van der Waals surface area contributed by atoms with Crippen molar-refractivity contribution in [2.75, 3.05) is 5.43 Å². The van der Waals surface area contributed by atoms with Gasteiger partial charge in [0.2, 0.25) is 11.6 Å². The molecule has 154 valence electrons. The number of primary amides is 1. The molecule has 2 aromatic rings. The summed E-state index contributed by atoms with van der Waals surface area (Å²) >= 11 is 12.4. The van der Waals surface area contributed by atoms with E-state index in [0.29, 0.717) is 5.56 Å². The number of nitrogens with one attached hydrogen (secondary N) is 2. The third kappa shape index (κ3) is 5.05. The highest BCUT2D eigenvalue weighted by molar-refractivity contribution is 6.44. The Morgan fingerprint density at radius 3 is 2.53 bits per heavy atom. The molecule has 0 unspecified atom stereocenters. The molecule has 1 heterocycles. The van der Waals surface area contributed by atoms with Gasteiger partial charge in [0.25, 0.3) is 5.56 Å². The zero-order valence-electron chi connectivity index (χ0n) is 14.9. The number of halogens is 2. The van der Waals surface area contributed by atoms with Crippen LogP contribution in [0.5, 0.6) is 11.6 Å². The van der Waals surface area contributed by atoms with E-state index in [2.05, 4.69) is 25.5 Å². The first-order chi connectivity index (χ1) is 14.3. The molecule has 1 aromatic heterocycles. The maximum Gasteiger partial charge on any atom is 0.412 e. The van der Waals surface area contributed by atoms with Gasteiger partial charge in [-0.25, -0.2) is 14.7 Å². The quantitative estimate of drug-likeness (QED) is 0.260. The summed E-state index contributed by atoms with van der Waals surface area (Å²) in [5, 5.41) is 18.7. The summed E-state index contributed by atoms with van der Waals surface area (Å²) in [7, 11) is 0. The predicted octanol–water partition coefficient (Wildman–Crippen LogP) is 2.66. The molecule has 1 fully saturated rings. The molecule has 4 N–H and O–H groups in total. The minimum atomic E-state index is -1.38. The summed E-state index contributed by atoms with van der Waals surface area (Å²) in [4.78, 5) is 33.9. The molecule has 0 aliphatic heterocycles. The predicted molar refractivity (Wildman–Crippen MR) is 106 cm³/mol. The molecule has 3 rings (SSSR count). The van der Waals surface area contributed by atoms with Crippen molar-refractivity contribution < 1.29 is 19.1 Å². The molecule has 0 atom stereocenters. The highest BCUT2D eigenvalue weighted by Crippen LogP contribution is 2.41. The van der Waals surface area contributed by atoms with E-state index in [-0.39, 0.29) is 38.8 Å². The first-order valence-corrected chi connectivity index (χ1v) is 9.06. The molecule has 0 saturated heterocycles. The summed E-state index contributed by atoms with van der Waals surface area (Å²) in [5.74, 6) is -0.960. The molecule has 30 heavy (non-hydrogen) atoms. The molecule has 1 saturated carbocycles. The number of amides is 1. The Labute approximate surface area is 178 Å². The van der Waals surface area contributed by atoms with E-state index >= 15 is 0 Å². The highest BCUT2D eigenvalue weighted by Gasteiger charge is 2.27. The van der Waals surface area contributed by atoms with E-state index in [1.54, 1.807) is 0 Å². The Morgan fingerprint density at radius 2 is 1.97 bits per heavy atom. The fraction of sp³-hybridized carbons (Fsp3) is 0.176. The van der Waals surface area contributed by atoms with Crippen molar-refractivity contribution in [3.05, 3.63) is 44.2 Å². The lowest BCUT2D eigenvalue weighted by Gasteiger charge is -2.11. The number of anilines is 1. The first kappa shape index (κ1) is 21.1. The fourth-order valence-electron chi connectivity index (χ4n) is 2.35. The van der Waals surface area contributed by atoms with Gasteiger partial charge in [0.15, 0.2) is 5.75 Å². The van der Waals surface area contributed by atoms with Gasteiger partial charge in [-0.3, -0.25) is 10.2 Å². The number of aromatic amines is 1. The van der Waals surface area contributed by atoms with E-state index in [1.807, 2.05) is 0 Å². The summed E-state index contributed by atoms with van der Waals surface area (Å²) in [5.41, 5.74) is 6.84. The van der Waals surface area contributed by atoms with Gasteiger partial charge >= 0.3 is 12.1 Å². The van der Waals surface area contributed by atoms with Crippen LogP contribution in [-0.2, 0) is 9.53 Å². The van der Waals surface area contributed by atoms with E-state index < -0.39 is 17.8 Å². The largest absolute Gasteiger partial charge is 0.434 e. The van der Waals surface area contributed by atoms with Gasteiger partial charge < -0.3 is 15.2 Å². The molecule has 0 bridgehead atoms. The van der Waals surface area contributed by atoms with Crippen LogP contribution < -0.4 is 21.5 Å². The van der Waals surface area contributed by atoms with Gasteiger partial charge in [-0.05, 0) is 30.9 Å². The number of esters is 1. The van der Waals surface area contributed by atoms with Crippen molar-refractivity contribution in [2.45, 2.75) is 18.8 Å². The molecule has 1 amide bonds. The molecule has 1 aromatic carbocycles. The normalized spacial score (nSPS) is 13.3. The maximum atomic E-state index is 11.8. The summed E-state index contributed by atoms with van der Waals surface area (Å²) in [6.07, 6.45) is 0.468. The van der Waals surface area contributed by atoms with Crippen LogP contribution in [0.4, 0.5) is 10.5 Å².